The number of benzene rings is 1. The first-order valence-electron chi connectivity index (χ1n) is 5.06. The number of aliphatic hydroxyl groups excluding tert-OH is 1. The van der Waals surface area contributed by atoms with Crippen molar-refractivity contribution in [2.75, 3.05) is 14.2 Å². The minimum Gasteiger partial charge on any atom is -0.497 e. The Labute approximate surface area is 103 Å². The molecule has 90 valence electrons. The van der Waals surface area contributed by atoms with Gasteiger partial charge in [0.1, 0.15) is 16.5 Å². The van der Waals surface area contributed by atoms with Crippen LogP contribution >= 0.6 is 11.3 Å². The summed E-state index contributed by atoms with van der Waals surface area (Å²) < 4.78 is 10.4. The smallest absolute Gasteiger partial charge is 0.132 e. The highest BCUT2D eigenvalue weighted by atomic mass is 32.1. The molecule has 1 N–H and O–H groups in total. The van der Waals surface area contributed by atoms with Crippen molar-refractivity contribution in [3.8, 4) is 22.1 Å². The van der Waals surface area contributed by atoms with E-state index in [0.717, 1.165) is 21.2 Å². The monoisotopic (exact) mass is 251 g/mol. The SMILES string of the molecule is COc1ccc(-c2ncc(CO)s2)c(OC)c1. The molecule has 4 nitrogen and oxygen atoms in total. The molecule has 2 rings (SSSR count). The van der Waals surface area contributed by atoms with Gasteiger partial charge in [0.15, 0.2) is 0 Å². The van der Waals surface area contributed by atoms with Crippen LogP contribution in [0.5, 0.6) is 11.5 Å². The maximum absolute atomic E-state index is 9.03. The standard InChI is InChI=1S/C12H13NO3S/c1-15-8-3-4-10(11(5-8)16-2)12-13-6-9(7-14)17-12/h3-6,14H,7H2,1-2H3. The maximum atomic E-state index is 9.03. The van der Waals surface area contributed by atoms with Gasteiger partial charge in [-0.15, -0.1) is 11.3 Å². The number of rotatable bonds is 4. The van der Waals surface area contributed by atoms with Gasteiger partial charge >= 0.3 is 0 Å². The topological polar surface area (TPSA) is 51.6 Å². The van der Waals surface area contributed by atoms with Gasteiger partial charge in [-0.05, 0) is 12.1 Å². The zero-order chi connectivity index (χ0) is 12.3. The third-order valence-corrected chi connectivity index (χ3v) is 3.36. The van der Waals surface area contributed by atoms with Crippen LogP contribution in [0.4, 0.5) is 0 Å². The third-order valence-electron chi connectivity index (χ3n) is 2.35. The summed E-state index contributed by atoms with van der Waals surface area (Å²) in [6.07, 6.45) is 1.67. The fourth-order valence-corrected chi connectivity index (χ4v) is 2.28. The summed E-state index contributed by atoms with van der Waals surface area (Å²) in [6, 6.07) is 5.57. The molecule has 0 aliphatic carbocycles. The van der Waals surface area contributed by atoms with Crippen molar-refractivity contribution >= 4 is 11.3 Å². The number of aliphatic hydroxyl groups is 1. The number of thiazole rings is 1. The number of methoxy groups -OCH3 is 2. The molecule has 0 aliphatic heterocycles. The predicted octanol–water partition coefficient (Wildman–Crippen LogP) is 2.32. The van der Waals surface area contributed by atoms with Crippen LogP contribution in [0.1, 0.15) is 4.88 Å². The van der Waals surface area contributed by atoms with Crippen LogP contribution in [0.2, 0.25) is 0 Å². The summed E-state index contributed by atoms with van der Waals surface area (Å²) in [5.74, 6) is 1.45. The number of ether oxygens (including phenoxy) is 2. The van der Waals surface area contributed by atoms with E-state index in [0.29, 0.717) is 5.75 Å². The van der Waals surface area contributed by atoms with E-state index < -0.39 is 0 Å². The molecule has 0 fully saturated rings. The molecule has 2 aromatic rings. The Morgan fingerprint density at radius 1 is 1.29 bits per heavy atom. The molecule has 0 saturated heterocycles. The highest BCUT2D eigenvalue weighted by Crippen LogP contribution is 2.35. The van der Waals surface area contributed by atoms with E-state index in [-0.39, 0.29) is 6.61 Å². The Morgan fingerprint density at radius 3 is 2.71 bits per heavy atom. The zero-order valence-corrected chi connectivity index (χ0v) is 10.5. The third kappa shape index (κ3) is 2.40. The predicted molar refractivity (Wildman–Crippen MR) is 66.6 cm³/mol. The summed E-state index contributed by atoms with van der Waals surface area (Å²) in [4.78, 5) is 5.09. The van der Waals surface area contributed by atoms with Gasteiger partial charge in [-0.2, -0.15) is 0 Å². The van der Waals surface area contributed by atoms with Crippen LogP contribution < -0.4 is 9.47 Å². The van der Waals surface area contributed by atoms with Crippen molar-refractivity contribution in [2.45, 2.75) is 6.61 Å². The molecular weight excluding hydrogens is 238 g/mol. The minimum atomic E-state index is 0.0101. The second-order valence-corrected chi connectivity index (χ2v) is 4.47. The van der Waals surface area contributed by atoms with Crippen molar-refractivity contribution in [1.82, 2.24) is 4.98 Å². The average molecular weight is 251 g/mol. The van der Waals surface area contributed by atoms with E-state index in [9.17, 15) is 0 Å². The van der Waals surface area contributed by atoms with E-state index in [4.69, 9.17) is 14.6 Å². The van der Waals surface area contributed by atoms with Gasteiger partial charge in [-0.1, -0.05) is 0 Å². The molecule has 0 spiro atoms. The first-order valence-corrected chi connectivity index (χ1v) is 5.88. The Balaban J connectivity index is 2.43. The molecule has 1 aromatic carbocycles. The van der Waals surface area contributed by atoms with Crippen molar-refractivity contribution in [3.63, 3.8) is 0 Å². The Morgan fingerprint density at radius 2 is 2.12 bits per heavy atom. The van der Waals surface area contributed by atoms with Crippen LogP contribution in [0.15, 0.2) is 24.4 Å². The van der Waals surface area contributed by atoms with E-state index in [1.807, 2.05) is 18.2 Å². The van der Waals surface area contributed by atoms with Crippen LogP contribution in [-0.2, 0) is 6.61 Å². The first-order chi connectivity index (χ1) is 8.28. The van der Waals surface area contributed by atoms with Gasteiger partial charge in [0, 0.05) is 12.3 Å². The summed E-state index contributed by atoms with van der Waals surface area (Å²) in [7, 11) is 3.22. The van der Waals surface area contributed by atoms with E-state index in [1.54, 1.807) is 20.4 Å². The number of nitrogens with zero attached hydrogens (tertiary/aromatic N) is 1. The molecule has 0 radical (unpaired) electrons. The first kappa shape index (κ1) is 11.9. The van der Waals surface area contributed by atoms with Crippen LogP contribution in [0.25, 0.3) is 10.6 Å². The van der Waals surface area contributed by atoms with E-state index >= 15 is 0 Å². The molecule has 0 saturated carbocycles. The quantitative estimate of drug-likeness (QED) is 0.906. The maximum Gasteiger partial charge on any atom is 0.132 e. The molecule has 5 heteroatoms. The van der Waals surface area contributed by atoms with Crippen molar-refractivity contribution in [1.29, 1.82) is 0 Å². The largest absolute Gasteiger partial charge is 0.497 e. The highest BCUT2D eigenvalue weighted by Gasteiger charge is 2.11. The van der Waals surface area contributed by atoms with E-state index in [2.05, 4.69) is 4.98 Å². The van der Waals surface area contributed by atoms with Crippen molar-refractivity contribution in [2.24, 2.45) is 0 Å². The lowest BCUT2D eigenvalue weighted by Gasteiger charge is -2.08. The lowest BCUT2D eigenvalue weighted by atomic mass is 10.2. The van der Waals surface area contributed by atoms with Crippen molar-refractivity contribution in [3.05, 3.63) is 29.3 Å². The molecule has 1 aromatic heterocycles. The molecule has 0 bridgehead atoms. The fourth-order valence-electron chi connectivity index (χ4n) is 1.48. The van der Waals surface area contributed by atoms with Gasteiger partial charge in [-0.3, -0.25) is 0 Å². The van der Waals surface area contributed by atoms with Gasteiger partial charge in [0.05, 0.1) is 31.3 Å². The minimum absolute atomic E-state index is 0.0101. The molecule has 0 aliphatic rings. The van der Waals surface area contributed by atoms with Crippen LogP contribution in [0.3, 0.4) is 0 Å². The number of hydrogen-bond donors (Lipinski definition) is 1. The fraction of sp³-hybridized carbons (Fsp3) is 0.250. The lowest BCUT2D eigenvalue weighted by Crippen LogP contribution is -1.89. The Hall–Kier alpha value is -1.59. The number of aromatic nitrogens is 1. The van der Waals surface area contributed by atoms with Crippen LogP contribution in [-0.4, -0.2) is 24.3 Å². The van der Waals surface area contributed by atoms with Crippen molar-refractivity contribution < 1.29 is 14.6 Å². The van der Waals surface area contributed by atoms with Gasteiger partial charge in [0.25, 0.3) is 0 Å². The molecule has 0 atom stereocenters. The number of hydrogen-bond acceptors (Lipinski definition) is 5. The highest BCUT2D eigenvalue weighted by molar-refractivity contribution is 7.15. The molecule has 0 amide bonds. The summed E-state index contributed by atoms with van der Waals surface area (Å²) in [6.45, 7) is 0.0101. The van der Waals surface area contributed by atoms with Gasteiger partial charge < -0.3 is 14.6 Å². The van der Waals surface area contributed by atoms with Crippen LogP contribution in [0, 0.1) is 0 Å². The summed E-state index contributed by atoms with van der Waals surface area (Å²) in [5.41, 5.74) is 0.901. The van der Waals surface area contributed by atoms with E-state index in [1.165, 1.54) is 11.3 Å². The summed E-state index contributed by atoms with van der Waals surface area (Å²) >= 11 is 1.45. The zero-order valence-electron chi connectivity index (χ0n) is 9.64. The molecule has 17 heavy (non-hydrogen) atoms. The van der Waals surface area contributed by atoms with Gasteiger partial charge in [0.2, 0.25) is 0 Å². The Kier molecular flexibility index (Phi) is 3.61. The second-order valence-electron chi connectivity index (χ2n) is 3.36. The summed E-state index contributed by atoms with van der Waals surface area (Å²) in [5, 5.41) is 9.85. The Bertz CT molecular complexity index is 510. The average Bonchev–Trinajstić information content (AvgIpc) is 2.86. The molecular formula is C12H13NO3S. The normalized spacial score (nSPS) is 10.3. The molecule has 1 heterocycles. The lowest BCUT2D eigenvalue weighted by molar-refractivity contribution is 0.285. The van der Waals surface area contributed by atoms with Gasteiger partial charge in [-0.25, -0.2) is 4.98 Å². The second kappa shape index (κ2) is 5.16. The molecule has 0 unspecified atom stereocenters.